The second-order valence-corrected chi connectivity index (χ2v) is 6.27. The second kappa shape index (κ2) is 8.05. The summed E-state index contributed by atoms with van der Waals surface area (Å²) in [5.74, 6) is 0. The van der Waals surface area contributed by atoms with Crippen LogP contribution >= 0.6 is 23.2 Å². The van der Waals surface area contributed by atoms with Gasteiger partial charge in [0.2, 0.25) is 0 Å². The molecule has 0 spiro atoms. The molecule has 2 amide bonds. The van der Waals surface area contributed by atoms with E-state index in [-0.39, 0.29) is 6.03 Å². The standard InChI is InChI=1S/C18H16Cl2N4O/c19-15-3-6-17(20)13(9-15)7-8-21-18(25)24-16-4-1-12(2-5-16)14-10-22-23-11-14/h1-6,9-11H,7-8H2,(H,22,23)(H2,21,24,25). The van der Waals surface area contributed by atoms with E-state index in [2.05, 4.69) is 20.8 Å². The molecule has 0 aliphatic rings. The van der Waals surface area contributed by atoms with Gasteiger partial charge in [-0.25, -0.2) is 4.79 Å². The summed E-state index contributed by atoms with van der Waals surface area (Å²) >= 11 is 12.1. The van der Waals surface area contributed by atoms with E-state index in [0.29, 0.717) is 28.7 Å². The number of rotatable bonds is 5. The molecule has 2 aromatic carbocycles. The molecule has 0 saturated heterocycles. The summed E-state index contributed by atoms with van der Waals surface area (Å²) in [5.41, 5.74) is 3.63. The van der Waals surface area contributed by atoms with E-state index in [1.54, 1.807) is 24.4 Å². The first kappa shape index (κ1) is 17.3. The molecular weight excluding hydrogens is 359 g/mol. The SMILES string of the molecule is O=C(NCCc1cc(Cl)ccc1Cl)Nc1ccc(-c2cn[nH]c2)cc1. The summed E-state index contributed by atoms with van der Waals surface area (Å²) in [6.45, 7) is 0.457. The van der Waals surface area contributed by atoms with Crippen molar-refractivity contribution in [3.8, 4) is 11.1 Å². The van der Waals surface area contributed by atoms with Crippen LogP contribution in [0.25, 0.3) is 11.1 Å². The van der Waals surface area contributed by atoms with Crippen LogP contribution in [0.5, 0.6) is 0 Å². The Balaban J connectivity index is 1.50. The zero-order valence-electron chi connectivity index (χ0n) is 13.2. The lowest BCUT2D eigenvalue weighted by Gasteiger charge is -2.09. The zero-order chi connectivity index (χ0) is 17.6. The highest BCUT2D eigenvalue weighted by Crippen LogP contribution is 2.21. The molecule has 0 radical (unpaired) electrons. The van der Waals surface area contributed by atoms with Crippen LogP contribution in [0.1, 0.15) is 5.56 Å². The molecule has 1 aromatic heterocycles. The van der Waals surface area contributed by atoms with Crippen molar-refractivity contribution < 1.29 is 4.79 Å². The lowest BCUT2D eigenvalue weighted by atomic mass is 10.1. The number of urea groups is 1. The number of nitrogens with one attached hydrogen (secondary N) is 3. The maximum Gasteiger partial charge on any atom is 0.319 e. The smallest absolute Gasteiger partial charge is 0.319 e. The van der Waals surface area contributed by atoms with Crippen LogP contribution in [-0.2, 0) is 6.42 Å². The number of anilines is 1. The van der Waals surface area contributed by atoms with E-state index in [1.165, 1.54) is 0 Å². The summed E-state index contributed by atoms with van der Waals surface area (Å²) in [7, 11) is 0. The number of aromatic amines is 1. The highest BCUT2D eigenvalue weighted by Gasteiger charge is 2.05. The third kappa shape index (κ3) is 4.75. The first-order valence-corrected chi connectivity index (χ1v) is 8.45. The molecule has 0 atom stereocenters. The lowest BCUT2D eigenvalue weighted by Crippen LogP contribution is -2.30. The van der Waals surface area contributed by atoms with Gasteiger partial charge in [0.05, 0.1) is 6.20 Å². The highest BCUT2D eigenvalue weighted by atomic mass is 35.5. The number of halogens is 2. The summed E-state index contributed by atoms with van der Waals surface area (Å²) in [4.78, 5) is 12.0. The maximum absolute atomic E-state index is 12.0. The van der Waals surface area contributed by atoms with Gasteiger partial charge in [-0.2, -0.15) is 5.10 Å². The fourth-order valence-electron chi connectivity index (χ4n) is 2.38. The monoisotopic (exact) mass is 374 g/mol. The van der Waals surface area contributed by atoms with Crippen molar-refractivity contribution in [1.82, 2.24) is 15.5 Å². The number of hydrogen-bond acceptors (Lipinski definition) is 2. The Hall–Kier alpha value is -2.50. The molecule has 3 aromatic rings. The van der Waals surface area contributed by atoms with Crippen molar-refractivity contribution in [1.29, 1.82) is 0 Å². The van der Waals surface area contributed by atoms with Gasteiger partial charge in [0.15, 0.2) is 0 Å². The number of H-pyrrole nitrogens is 1. The van der Waals surface area contributed by atoms with Gasteiger partial charge >= 0.3 is 6.03 Å². The van der Waals surface area contributed by atoms with Gasteiger partial charge in [0.1, 0.15) is 0 Å². The Kier molecular flexibility index (Phi) is 5.58. The van der Waals surface area contributed by atoms with E-state index >= 15 is 0 Å². The van der Waals surface area contributed by atoms with Crippen LogP contribution in [0.15, 0.2) is 54.9 Å². The number of nitrogens with zero attached hydrogens (tertiary/aromatic N) is 1. The van der Waals surface area contributed by atoms with Crippen LogP contribution in [0.2, 0.25) is 10.0 Å². The number of carbonyl (C=O) groups excluding carboxylic acids is 1. The van der Waals surface area contributed by atoms with Crippen molar-refractivity contribution >= 4 is 34.9 Å². The second-order valence-electron chi connectivity index (χ2n) is 5.43. The molecular formula is C18H16Cl2N4O. The van der Waals surface area contributed by atoms with Gasteiger partial charge in [0, 0.05) is 34.0 Å². The first-order chi connectivity index (χ1) is 12.1. The maximum atomic E-state index is 12.0. The van der Waals surface area contributed by atoms with Crippen LogP contribution in [0, 0.1) is 0 Å². The molecule has 0 aliphatic carbocycles. The van der Waals surface area contributed by atoms with Gasteiger partial charge in [-0.15, -0.1) is 0 Å². The average molecular weight is 375 g/mol. The van der Waals surface area contributed by atoms with E-state index in [0.717, 1.165) is 16.7 Å². The van der Waals surface area contributed by atoms with E-state index in [4.69, 9.17) is 23.2 Å². The molecule has 0 unspecified atom stereocenters. The lowest BCUT2D eigenvalue weighted by molar-refractivity contribution is 0.252. The van der Waals surface area contributed by atoms with Crippen molar-refractivity contribution in [3.05, 3.63) is 70.5 Å². The Morgan fingerprint density at radius 3 is 2.60 bits per heavy atom. The summed E-state index contributed by atoms with van der Waals surface area (Å²) < 4.78 is 0. The summed E-state index contributed by atoms with van der Waals surface area (Å²) in [6, 6.07) is 12.6. The molecule has 3 rings (SSSR count). The van der Waals surface area contributed by atoms with Crippen LogP contribution in [-0.4, -0.2) is 22.8 Å². The average Bonchev–Trinajstić information content (AvgIpc) is 3.13. The van der Waals surface area contributed by atoms with Gasteiger partial charge < -0.3 is 10.6 Å². The summed E-state index contributed by atoms with van der Waals surface area (Å²) in [5, 5.41) is 13.6. The number of carbonyl (C=O) groups is 1. The zero-order valence-corrected chi connectivity index (χ0v) is 14.7. The van der Waals surface area contributed by atoms with Crippen molar-refractivity contribution in [3.63, 3.8) is 0 Å². The minimum absolute atomic E-state index is 0.269. The first-order valence-electron chi connectivity index (χ1n) is 7.70. The molecule has 128 valence electrons. The topological polar surface area (TPSA) is 69.8 Å². The molecule has 0 aliphatic heterocycles. The van der Waals surface area contributed by atoms with Crippen LogP contribution in [0.4, 0.5) is 10.5 Å². The predicted molar refractivity (Wildman–Crippen MR) is 101 cm³/mol. The highest BCUT2D eigenvalue weighted by molar-refractivity contribution is 6.33. The van der Waals surface area contributed by atoms with Gasteiger partial charge in [0.25, 0.3) is 0 Å². The molecule has 0 bridgehead atoms. The number of aromatic nitrogens is 2. The third-order valence-electron chi connectivity index (χ3n) is 3.66. The largest absolute Gasteiger partial charge is 0.338 e. The molecule has 1 heterocycles. The number of amides is 2. The molecule has 3 N–H and O–H groups in total. The summed E-state index contributed by atoms with van der Waals surface area (Å²) in [6.07, 6.45) is 4.17. The fraction of sp³-hybridized carbons (Fsp3) is 0.111. The molecule has 7 heteroatoms. The molecule has 0 fully saturated rings. The minimum Gasteiger partial charge on any atom is -0.338 e. The Labute approximate surface area is 155 Å². The Bertz CT molecular complexity index is 848. The Morgan fingerprint density at radius 1 is 1.08 bits per heavy atom. The van der Waals surface area contributed by atoms with E-state index in [9.17, 15) is 4.79 Å². The van der Waals surface area contributed by atoms with E-state index in [1.807, 2.05) is 30.5 Å². The quantitative estimate of drug-likeness (QED) is 0.603. The van der Waals surface area contributed by atoms with Gasteiger partial charge in [-0.05, 0) is 47.9 Å². The van der Waals surface area contributed by atoms with Crippen molar-refractivity contribution in [2.45, 2.75) is 6.42 Å². The van der Waals surface area contributed by atoms with Crippen molar-refractivity contribution in [2.24, 2.45) is 0 Å². The molecule has 5 nitrogen and oxygen atoms in total. The van der Waals surface area contributed by atoms with Gasteiger partial charge in [-0.3, -0.25) is 5.10 Å². The predicted octanol–water partition coefficient (Wildman–Crippen LogP) is 4.75. The molecule has 0 saturated carbocycles. The van der Waals surface area contributed by atoms with Crippen LogP contribution < -0.4 is 10.6 Å². The van der Waals surface area contributed by atoms with Gasteiger partial charge in [-0.1, -0.05) is 35.3 Å². The third-order valence-corrected chi connectivity index (χ3v) is 4.27. The molecule has 25 heavy (non-hydrogen) atoms. The minimum atomic E-state index is -0.269. The van der Waals surface area contributed by atoms with E-state index < -0.39 is 0 Å². The number of hydrogen-bond donors (Lipinski definition) is 3. The normalized spacial score (nSPS) is 10.5. The number of benzene rings is 2. The van der Waals surface area contributed by atoms with Crippen LogP contribution in [0.3, 0.4) is 0 Å². The fourth-order valence-corrected chi connectivity index (χ4v) is 2.78. The van der Waals surface area contributed by atoms with Crippen molar-refractivity contribution in [2.75, 3.05) is 11.9 Å². The Morgan fingerprint density at radius 2 is 1.88 bits per heavy atom.